The molecule has 0 N–H and O–H groups in total. The van der Waals surface area contributed by atoms with Gasteiger partial charge in [0.2, 0.25) is 0 Å². The van der Waals surface area contributed by atoms with Gasteiger partial charge in [-0.25, -0.2) is 9.67 Å². The molecule has 28 heavy (non-hydrogen) atoms. The molecule has 2 aromatic carbocycles. The molecule has 0 aliphatic rings. The number of rotatable bonds is 6. The summed E-state index contributed by atoms with van der Waals surface area (Å²) in [6.07, 6.45) is 3.06. The number of aromatic nitrogens is 3. The molecule has 1 unspecified atom stereocenters. The van der Waals surface area contributed by atoms with Gasteiger partial charge in [0.1, 0.15) is 12.7 Å². The zero-order chi connectivity index (χ0) is 20.3. The highest BCUT2D eigenvalue weighted by Gasteiger charge is 2.23. The van der Waals surface area contributed by atoms with Crippen LogP contribution in [0.3, 0.4) is 0 Å². The molecule has 0 aliphatic carbocycles. The van der Waals surface area contributed by atoms with Crippen LogP contribution in [0.15, 0.2) is 55.1 Å². The van der Waals surface area contributed by atoms with Crippen molar-refractivity contribution in [2.24, 2.45) is 0 Å². The summed E-state index contributed by atoms with van der Waals surface area (Å²) in [5, 5.41) is 15.3. The smallest absolute Gasteiger partial charge is 0.311 e. The molecule has 0 aliphatic heterocycles. The van der Waals surface area contributed by atoms with E-state index in [-0.39, 0.29) is 28.9 Å². The van der Waals surface area contributed by atoms with Crippen LogP contribution in [0.1, 0.15) is 28.9 Å². The van der Waals surface area contributed by atoms with Crippen molar-refractivity contribution in [1.29, 1.82) is 0 Å². The Morgan fingerprint density at radius 2 is 1.96 bits per heavy atom. The minimum atomic E-state index is -0.568. The van der Waals surface area contributed by atoms with Crippen molar-refractivity contribution < 1.29 is 14.5 Å². The van der Waals surface area contributed by atoms with Crippen molar-refractivity contribution in [3.63, 3.8) is 0 Å². The Balaban J connectivity index is 1.81. The maximum Gasteiger partial charge on any atom is 0.311 e. The SMILES string of the molecule is COc1ccc(C(=O)N(C)C(C)c2ccc(-n3cncn3)cc2)cc1[N+](=O)[O-]. The molecule has 3 rings (SSSR count). The standard InChI is InChI=1S/C19H19N5O4/c1-13(14-4-7-16(8-5-14)23-12-20-11-21-23)22(2)19(25)15-6-9-18(28-3)17(10-15)24(26)27/h4-13H,1-3H3. The molecule has 144 valence electrons. The Kier molecular flexibility index (Phi) is 5.35. The maximum absolute atomic E-state index is 12.8. The van der Waals surface area contributed by atoms with E-state index >= 15 is 0 Å². The van der Waals surface area contributed by atoms with Gasteiger partial charge in [-0.1, -0.05) is 12.1 Å². The van der Waals surface area contributed by atoms with Crippen LogP contribution < -0.4 is 4.74 Å². The molecule has 1 aromatic heterocycles. The molecule has 0 saturated carbocycles. The molecule has 0 saturated heterocycles. The Bertz CT molecular complexity index is 986. The van der Waals surface area contributed by atoms with Gasteiger partial charge in [-0.15, -0.1) is 0 Å². The monoisotopic (exact) mass is 381 g/mol. The summed E-state index contributed by atoms with van der Waals surface area (Å²) >= 11 is 0. The third-order valence-electron chi connectivity index (χ3n) is 4.58. The molecular formula is C19H19N5O4. The Morgan fingerprint density at radius 3 is 2.54 bits per heavy atom. The van der Waals surface area contributed by atoms with Gasteiger partial charge in [0.05, 0.1) is 23.8 Å². The number of ether oxygens (including phenoxy) is 1. The summed E-state index contributed by atoms with van der Waals surface area (Å²) in [6, 6.07) is 11.5. The lowest BCUT2D eigenvalue weighted by Crippen LogP contribution is -2.29. The quantitative estimate of drug-likeness (QED) is 0.480. The number of carbonyl (C=O) groups excluding carboxylic acids is 1. The summed E-state index contributed by atoms with van der Waals surface area (Å²) in [5.41, 5.74) is 1.75. The van der Waals surface area contributed by atoms with Gasteiger partial charge < -0.3 is 9.64 Å². The number of nitro groups is 1. The summed E-state index contributed by atoms with van der Waals surface area (Å²) in [7, 11) is 3.01. The van der Waals surface area contributed by atoms with E-state index in [1.165, 1.54) is 36.5 Å². The van der Waals surface area contributed by atoms with Gasteiger partial charge in [-0.05, 0) is 36.8 Å². The van der Waals surface area contributed by atoms with Crippen molar-refractivity contribution >= 4 is 11.6 Å². The van der Waals surface area contributed by atoms with Crippen LogP contribution >= 0.6 is 0 Å². The van der Waals surface area contributed by atoms with E-state index in [2.05, 4.69) is 10.1 Å². The average molecular weight is 381 g/mol. The summed E-state index contributed by atoms with van der Waals surface area (Å²) in [6.45, 7) is 1.89. The highest BCUT2D eigenvalue weighted by atomic mass is 16.6. The van der Waals surface area contributed by atoms with Crippen LogP contribution in [0.25, 0.3) is 5.69 Å². The van der Waals surface area contributed by atoms with Gasteiger partial charge in [-0.2, -0.15) is 5.10 Å². The Hall–Kier alpha value is -3.75. The molecule has 3 aromatic rings. The molecule has 1 atom stereocenters. The van der Waals surface area contributed by atoms with Crippen LogP contribution in [0, 0.1) is 10.1 Å². The summed E-state index contributed by atoms with van der Waals surface area (Å²) in [5.74, 6) is -0.209. The van der Waals surface area contributed by atoms with E-state index in [0.717, 1.165) is 11.3 Å². The van der Waals surface area contributed by atoms with E-state index in [4.69, 9.17) is 4.74 Å². The third-order valence-corrected chi connectivity index (χ3v) is 4.58. The molecule has 0 spiro atoms. The second kappa shape index (κ2) is 7.87. The molecule has 0 fully saturated rings. The first-order valence-electron chi connectivity index (χ1n) is 8.47. The number of nitrogens with zero attached hydrogens (tertiary/aromatic N) is 5. The van der Waals surface area contributed by atoms with Crippen molar-refractivity contribution in [3.8, 4) is 11.4 Å². The number of benzene rings is 2. The van der Waals surface area contributed by atoms with Crippen molar-refractivity contribution in [2.45, 2.75) is 13.0 Å². The van der Waals surface area contributed by atoms with Crippen molar-refractivity contribution in [3.05, 3.63) is 76.4 Å². The fourth-order valence-electron chi connectivity index (χ4n) is 2.82. The van der Waals surface area contributed by atoms with Crippen LogP contribution in [0.5, 0.6) is 5.75 Å². The van der Waals surface area contributed by atoms with Crippen molar-refractivity contribution in [2.75, 3.05) is 14.2 Å². The first kappa shape index (κ1) is 19.0. The van der Waals surface area contributed by atoms with E-state index in [9.17, 15) is 14.9 Å². The van der Waals surface area contributed by atoms with E-state index in [1.807, 2.05) is 31.2 Å². The first-order chi connectivity index (χ1) is 13.4. The summed E-state index contributed by atoms with van der Waals surface area (Å²) < 4.78 is 6.62. The maximum atomic E-state index is 12.8. The van der Waals surface area contributed by atoms with E-state index < -0.39 is 4.92 Å². The average Bonchev–Trinajstić information content (AvgIpc) is 3.26. The highest BCUT2D eigenvalue weighted by molar-refractivity contribution is 5.95. The second-order valence-electron chi connectivity index (χ2n) is 6.17. The zero-order valence-electron chi connectivity index (χ0n) is 15.6. The normalized spacial score (nSPS) is 11.7. The van der Waals surface area contributed by atoms with Gasteiger partial charge >= 0.3 is 5.69 Å². The largest absolute Gasteiger partial charge is 0.490 e. The van der Waals surface area contributed by atoms with Crippen LogP contribution in [0.4, 0.5) is 5.69 Å². The zero-order valence-corrected chi connectivity index (χ0v) is 15.6. The molecule has 9 heteroatoms. The van der Waals surface area contributed by atoms with E-state index in [1.54, 1.807) is 18.1 Å². The molecule has 0 bridgehead atoms. The van der Waals surface area contributed by atoms with Crippen LogP contribution in [0.2, 0.25) is 0 Å². The lowest BCUT2D eigenvalue weighted by atomic mass is 10.1. The molecule has 1 heterocycles. The number of nitro benzene ring substituents is 1. The summed E-state index contributed by atoms with van der Waals surface area (Å²) in [4.78, 5) is 28.9. The number of hydrogen-bond donors (Lipinski definition) is 0. The third kappa shape index (κ3) is 3.68. The highest BCUT2D eigenvalue weighted by Crippen LogP contribution is 2.29. The topological polar surface area (TPSA) is 103 Å². The fourth-order valence-corrected chi connectivity index (χ4v) is 2.82. The lowest BCUT2D eigenvalue weighted by Gasteiger charge is -2.25. The van der Waals surface area contributed by atoms with E-state index in [0.29, 0.717) is 0 Å². The second-order valence-corrected chi connectivity index (χ2v) is 6.17. The number of amides is 1. The predicted molar refractivity (Wildman–Crippen MR) is 102 cm³/mol. The minimum Gasteiger partial charge on any atom is -0.490 e. The fraction of sp³-hybridized carbons (Fsp3) is 0.211. The molecular weight excluding hydrogens is 362 g/mol. The lowest BCUT2D eigenvalue weighted by molar-refractivity contribution is -0.385. The minimum absolute atomic E-state index is 0.112. The number of methoxy groups -OCH3 is 1. The van der Waals surface area contributed by atoms with Gasteiger partial charge in [0.15, 0.2) is 5.75 Å². The Labute approximate surface area is 161 Å². The van der Waals surface area contributed by atoms with Gasteiger partial charge in [-0.3, -0.25) is 14.9 Å². The van der Waals surface area contributed by atoms with Crippen molar-refractivity contribution in [1.82, 2.24) is 19.7 Å². The molecule has 9 nitrogen and oxygen atoms in total. The first-order valence-corrected chi connectivity index (χ1v) is 8.47. The Morgan fingerprint density at radius 1 is 1.25 bits per heavy atom. The predicted octanol–water partition coefficient (Wildman–Crippen LogP) is 3.02. The van der Waals surface area contributed by atoms with Gasteiger partial charge in [0, 0.05) is 18.7 Å². The van der Waals surface area contributed by atoms with Gasteiger partial charge in [0.25, 0.3) is 5.91 Å². The molecule has 1 amide bonds. The number of carbonyl (C=O) groups is 1. The van der Waals surface area contributed by atoms with Crippen LogP contribution in [-0.2, 0) is 0 Å². The number of hydrogen-bond acceptors (Lipinski definition) is 6. The molecule has 0 radical (unpaired) electrons. The van der Waals surface area contributed by atoms with Crippen LogP contribution in [-0.4, -0.2) is 44.7 Å².